The number of carbonyl (C=O) groups is 2. The summed E-state index contributed by atoms with van der Waals surface area (Å²) in [5.74, 6) is -2.01. The highest BCUT2D eigenvalue weighted by atomic mass is 35.5. The van der Waals surface area contributed by atoms with Gasteiger partial charge in [0.15, 0.2) is 0 Å². The highest BCUT2D eigenvalue weighted by Gasteiger charge is 2.15. The highest BCUT2D eigenvalue weighted by molar-refractivity contribution is 6.39. The van der Waals surface area contributed by atoms with E-state index >= 15 is 0 Å². The second kappa shape index (κ2) is 7.89. The molecule has 1 fully saturated rings. The fraction of sp³-hybridized carbons (Fsp3) is 0.400. The molecule has 1 aromatic carbocycles. The van der Waals surface area contributed by atoms with E-state index in [1.807, 2.05) is 0 Å². The van der Waals surface area contributed by atoms with Gasteiger partial charge in [0.25, 0.3) is 0 Å². The minimum absolute atomic E-state index is 0.131. The highest BCUT2D eigenvalue weighted by Crippen LogP contribution is 2.21. The maximum absolute atomic E-state index is 13.0. The molecule has 0 aliphatic heterocycles. The Balaban J connectivity index is 1.82. The SMILES string of the molecule is O=C(N/N=C/C1CCCCC1)C(=O)Nc1ccc(F)c(Cl)c1. The molecule has 0 heterocycles. The van der Waals surface area contributed by atoms with E-state index < -0.39 is 17.6 Å². The van der Waals surface area contributed by atoms with Crippen LogP contribution in [0.3, 0.4) is 0 Å². The summed E-state index contributed by atoms with van der Waals surface area (Å²) < 4.78 is 13.0. The topological polar surface area (TPSA) is 70.6 Å². The summed E-state index contributed by atoms with van der Waals surface area (Å²) in [5, 5.41) is 6.01. The van der Waals surface area contributed by atoms with Crippen LogP contribution in [0, 0.1) is 11.7 Å². The van der Waals surface area contributed by atoms with E-state index in [0.717, 1.165) is 31.7 Å². The standard InChI is InChI=1S/C15H17ClFN3O2/c16-12-8-11(6-7-13(12)17)19-14(21)15(22)20-18-9-10-4-2-1-3-5-10/h6-10H,1-5H2,(H,19,21)(H,20,22)/b18-9+. The summed E-state index contributed by atoms with van der Waals surface area (Å²) in [6.07, 6.45) is 7.35. The number of nitrogens with zero attached hydrogens (tertiary/aromatic N) is 1. The maximum atomic E-state index is 13.0. The lowest BCUT2D eigenvalue weighted by atomic mass is 9.90. The summed E-state index contributed by atoms with van der Waals surface area (Å²) >= 11 is 5.60. The van der Waals surface area contributed by atoms with Gasteiger partial charge in [0, 0.05) is 11.9 Å². The first-order valence-electron chi connectivity index (χ1n) is 7.16. The molecule has 0 atom stereocenters. The number of hydrazone groups is 1. The van der Waals surface area contributed by atoms with Crippen LogP contribution in [0.15, 0.2) is 23.3 Å². The van der Waals surface area contributed by atoms with Gasteiger partial charge in [-0.25, -0.2) is 9.82 Å². The number of amides is 2. The fourth-order valence-electron chi connectivity index (χ4n) is 2.30. The molecule has 1 aromatic rings. The molecular formula is C15H17ClFN3O2. The number of nitrogens with one attached hydrogen (secondary N) is 2. The number of carbonyl (C=O) groups excluding carboxylic acids is 2. The van der Waals surface area contributed by atoms with Gasteiger partial charge in [-0.1, -0.05) is 30.9 Å². The van der Waals surface area contributed by atoms with E-state index in [0.29, 0.717) is 5.92 Å². The van der Waals surface area contributed by atoms with Gasteiger partial charge < -0.3 is 5.32 Å². The van der Waals surface area contributed by atoms with Crippen molar-refractivity contribution in [3.05, 3.63) is 29.0 Å². The Morgan fingerprint density at radius 1 is 1.23 bits per heavy atom. The maximum Gasteiger partial charge on any atom is 0.329 e. The van der Waals surface area contributed by atoms with Crippen molar-refractivity contribution in [2.45, 2.75) is 32.1 Å². The van der Waals surface area contributed by atoms with E-state index in [2.05, 4.69) is 15.8 Å². The number of anilines is 1. The lowest BCUT2D eigenvalue weighted by molar-refractivity contribution is -0.136. The summed E-state index contributed by atoms with van der Waals surface area (Å²) in [7, 11) is 0. The second-order valence-electron chi connectivity index (χ2n) is 5.20. The van der Waals surface area contributed by atoms with E-state index in [4.69, 9.17) is 11.6 Å². The monoisotopic (exact) mass is 325 g/mol. The van der Waals surface area contributed by atoms with Crippen LogP contribution in [0.5, 0.6) is 0 Å². The van der Waals surface area contributed by atoms with Crippen molar-refractivity contribution in [1.82, 2.24) is 5.43 Å². The number of hydrogen-bond acceptors (Lipinski definition) is 3. The molecule has 2 amide bonds. The number of benzene rings is 1. The van der Waals surface area contributed by atoms with Crippen molar-refractivity contribution in [1.29, 1.82) is 0 Å². The molecule has 0 spiro atoms. The van der Waals surface area contributed by atoms with Crippen LogP contribution in [0.2, 0.25) is 5.02 Å². The number of halogens is 2. The quantitative estimate of drug-likeness (QED) is 0.509. The molecule has 1 aliphatic rings. The molecule has 22 heavy (non-hydrogen) atoms. The Morgan fingerprint density at radius 3 is 2.64 bits per heavy atom. The molecule has 2 N–H and O–H groups in total. The van der Waals surface area contributed by atoms with Gasteiger partial charge >= 0.3 is 11.8 Å². The lowest BCUT2D eigenvalue weighted by Crippen LogP contribution is -2.32. The largest absolute Gasteiger partial charge is 0.329 e. The molecule has 1 saturated carbocycles. The first-order chi connectivity index (χ1) is 10.6. The third-order valence-electron chi connectivity index (χ3n) is 3.48. The normalized spacial score (nSPS) is 15.7. The van der Waals surface area contributed by atoms with Crippen molar-refractivity contribution in [2.75, 3.05) is 5.32 Å². The van der Waals surface area contributed by atoms with E-state index in [1.54, 1.807) is 6.21 Å². The van der Waals surface area contributed by atoms with Crippen LogP contribution in [0.4, 0.5) is 10.1 Å². The minimum Gasteiger partial charge on any atom is -0.318 e. The van der Waals surface area contributed by atoms with Crippen LogP contribution in [-0.2, 0) is 9.59 Å². The van der Waals surface area contributed by atoms with Gasteiger partial charge in [-0.3, -0.25) is 9.59 Å². The minimum atomic E-state index is -0.886. The fourth-order valence-corrected chi connectivity index (χ4v) is 2.48. The van der Waals surface area contributed by atoms with E-state index in [9.17, 15) is 14.0 Å². The van der Waals surface area contributed by atoms with Crippen LogP contribution in [0.1, 0.15) is 32.1 Å². The third-order valence-corrected chi connectivity index (χ3v) is 3.77. The molecule has 5 nitrogen and oxygen atoms in total. The zero-order valence-electron chi connectivity index (χ0n) is 11.9. The number of rotatable bonds is 3. The third kappa shape index (κ3) is 4.80. The lowest BCUT2D eigenvalue weighted by Gasteiger charge is -2.16. The van der Waals surface area contributed by atoms with Gasteiger partial charge in [0.1, 0.15) is 5.82 Å². The molecular weight excluding hydrogens is 309 g/mol. The summed E-state index contributed by atoms with van der Waals surface area (Å²) in [6.45, 7) is 0. The molecule has 0 saturated heterocycles. The van der Waals surface area contributed by atoms with Gasteiger partial charge in [0.05, 0.1) is 5.02 Å². The van der Waals surface area contributed by atoms with Crippen LogP contribution >= 0.6 is 11.6 Å². The van der Waals surface area contributed by atoms with Crippen LogP contribution in [-0.4, -0.2) is 18.0 Å². The average molecular weight is 326 g/mol. The predicted molar refractivity (Wildman–Crippen MR) is 83.2 cm³/mol. The second-order valence-corrected chi connectivity index (χ2v) is 5.61. The summed E-state index contributed by atoms with van der Waals surface area (Å²) in [5.41, 5.74) is 2.43. The van der Waals surface area contributed by atoms with Crippen molar-refractivity contribution in [3.8, 4) is 0 Å². The Morgan fingerprint density at radius 2 is 1.95 bits per heavy atom. The molecule has 0 bridgehead atoms. The van der Waals surface area contributed by atoms with Crippen molar-refractivity contribution in [2.24, 2.45) is 11.0 Å². The van der Waals surface area contributed by atoms with Crippen LogP contribution in [0.25, 0.3) is 0 Å². The molecule has 118 valence electrons. The van der Waals surface area contributed by atoms with Crippen molar-refractivity contribution < 1.29 is 14.0 Å². The predicted octanol–water partition coefficient (Wildman–Crippen LogP) is 3.10. The molecule has 0 unspecified atom stereocenters. The Kier molecular flexibility index (Phi) is 5.89. The first kappa shape index (κ1) is 16.4. The van der Waals surface area contributed by atoms with Crippen LogP contribution < -0.4 is 10.7 Å². The zero-order valence-corrected chi connectivity index (χ0v) is 12.7. The summed E-state index contributed by atoms with van der Waals surface area (Å²) in [4.78, 5) is 23.3. The number of hydrogen-bond donors (Lipinski definition) is 2. The van der Waals surface area contributed by atoms with E-state index in [-0.39, 0.29) is 10.7 Å². The zero-order chi connectivity index (χ0) is 15.9. The Bertz CT molecular complexity index is 586. The molecule has 0 radical (unpaired) electrons. The smallest absolute Gasteiger partial charge is 0.318 e. The molecule has 1 aliphatic carbocycles. The van der Waals surface area contributed by atoms with Crippen molar-refractivity contribution >= 4 is 35.3 Å². The van der Waals surface area contributed by atoms with Gasteiger partial charge in [0.2, 0.25) is 0 Å². The van der Waals surface area contributed by atoms with E-state index in [1.165, 1.54) is 18.6 Å². The Labute approximate surface area is 132 Å². The molecule has 7 heteroatoms. The van der Waals surface area contributed by atoms with Gasteiger partial charge in [-0.05, 0) is 37.0 Å². The molecule has 0 aromatic heterocycles. The summed E-state index contributed by atoms with van der Waals surface area (Å²) in [6, 6.07) is 3.65. The Hall–Kier alpha value is -1.95. The first-order valence-corrected chi connectivity index (χ1v) is 7.53. The van der Waals surface area contributed by atoms with Gasteiger partial charge in [-0.15, -0.1) is 0 Å². The molecule has 2 rings (SSSR count). The van der Waals surface area contributed by atoms with Crippen molar-refractivity contribution in [3.63, 3.8) is 0 Å². The average Bonchev–Trinajstić information content (AvgIpc) is 2.52. The van der Waals surface area contributed by atoms with Gasteiger partial charge in [-0.2, -0.15) is 5.10 Å².